The Morgan fingerprint density at radius 3 is 2.59 bits per heavy atom. The predicted octanol–water partition coefficient (Wildman–Crippen LogP) is 3.27. The normalized spacial score (nSPS) is 21.4. The van der Waals surface area contributed by atoms with Crippen molar-refractivity contribution in [1.29, 1.82) is 0 Å². The Labute approximate surface area is 170 Å². The van der Waals surface area contributed by atoms with Gasteiger partial charge >= 0.3 is 0 Å². The van der Waals surface area contributed by atoms with Gasteiger partial charge in [-0.1, -0.05) is 43.5 Å². The van der Waals surface area contributed by atoms with E-state index in [1.54, 1.807) is 11.8 Å². The molecule has 154 valence electrons. The fraction of sp³-hybridized carbons (Fsp3) is 0.545. The minimum Gasteiger partial charge on any atom is -0.343 e. The van der Waals surface area contributed by atoms with Crippen molar-refractivity contribution in [2.24, 2.45) is 5.92 Å². The molecule has 2 heterocycles. The number of nitrogens with zero attached hydrogens (tertiary/aromatic N) is 3. The lowest BCUT2D eigenvalue weighted by atomic mass is 9.80. The third kappa shape index (κ3) is 3.91. The van der Waals surface area contributed by atoms with Gasteiger partial charge in [0, 0.05) is 25.6 Å². The maximum Gasteiger partial charge on any atom is 0.227 e. The number of benzene rings is 1. The van der Waals surface area contributed by atoms with E-state index in [0.717, 1.165) is 44.2 Å². The summed E-state index contributed by atoms with van der Waals surface area (Å²) in [6, 6.07) is 7.99. The van der Waals surface area contributed by atoms with Crippen molar-refractivity contribution >= 4 is 17.5 Å². The number of rotatable bonds is 5. The number of hydrogen-bond donors (Lipinski definition) is 1. The summed E-state index contributed by atoms with van der Waals surface area (Å²) in [4.78, 5) is 31.9. The zero-order valence-corrected chi connectivity index (χ0v) is 17.1. The first-order valence-electron chi connectivity index (χ1n) is 10.5. The lowest BCUT2D eigenvalue weighted by molar-refractivity contribution is -0.128. The first kappa shape index (κ1) is 19.6. The van der Waals surface area contributed by atoms with Crippen LogP contribution in [0.2, 0.25) is 0 Å². The number of nitrogens with one attached hydrogen (secondary N) is 1. The van der Waals surface area contributed by atoms with E-state index in [2.05, 4.69) is 22.4 Å². The van der Waals surface area contributed by atoms with E-state index >= 15 is 0 Å². The summed E-state index contributed by atoms with van der Waals surface area (Å²) in [5, 5.41) is 7.32. The van der Waals surface area contributed by atoms with Gasteiger partial charge in [-0.25, -0.2) is 0 Å². The average molecular weight is 396 g/mol. The summed E-state index contributed by atoms with van der Waals surface area (Å²) in [6.45, 7) is 4.26. The number of aryl methyl sites for hydroxylation is 2. The van der Waals surface area contributed by atoms with E-state index in [0.29, 0.717) is 18.3 Å². The Balaban J connectivity index is 1.49. The summed E-state index contributed by atoms with van der Waals surface area (Å²) in [5.74, 6) is 0.564. The standard InChI is InChI=1S/C22H28N4O3/c1-3-16-7-9-18(10-8-16)26-14-17(13-19(26)27)20(28)24-22(11-5-4-6-12-22)21-23-15(2)29-25-21/h7-10,17H,3-6,11-14H2,1-2H3,(H,24,28). The highest BCUT2D eigenvalue weighted by Crippen LogP contribution is 2.36. The van der Waals surface area contributed by atoms with Gasteiger partial charge in [0.2, 0.25) is 17.7 Å². The lowest BCUT2D eigenvalue weighted by Gasteiger charge is -2.36. The van der Waals surface area contributed by atoms with Gasteiger partial charge < -0.3 is 14.7 Å². The second-order valence-corrected chi connectivity index (χ2v) is 8.19. The van der Waals surface area contributed by atoms with Crippen LogP contribution in [-0.4, -0.2) is 28.5 Å². The molecule has 1 aliphatic heterocycles. The summed E-state index contributed by atoms with van der Waals surface area (Å²) in [6.07, 6.45) is 5.92. The highest BCUT2D eigenvalue weighted by molar-refractivity contribution is 6.00. The maximum absolute atomic E-state index is 13.1. The van der Waals surface area contributed by atoms with E-state index in [1.165, 1.54) is 5.56 Å². The van der Waals surface area contributed by atoms with Crippen molar-refractivity contribution in [3.05, 3.63) is 41.5 Å². The Morgan fingerprint density at radius 2 is 1.97 bits per heavy atom. The van der Waals surface area contributed by atoms with Gasteiger partial charge in [-0.05, 0) is 37.0 Å². The van der Waals surface area contributed by atoms with Crippen LogP contribution in [0.3, 0.4) is 0 Å². The highest BCUT2D eigenvalue weighted by Gasteiger charge is 2.43. The molecule has 2 aromatic rings. The molecule has 0 bridgehead atoms. The Morgan fingerprint density at radius 1 is 1.24 bits per heavy atom. The molecule has 1 unspecified atom stereocenters. The molecule has 1 aromatic heterocycles. The third-order valence-electron chi connectivity index (χ3n) is 6.18. The molecule has 1 atom stereocenters. The van der Waals surface area contributed by atoms with Gasteiger partial charge in [-0.15, -0.1) is 0 Å². The van der Waals surface area contributed by atoms with Crippen LogP contribution < -0.4 is 10.2 Å². The highest BCUT2D eigenvalue weighted by atomic mass is 16.5. The van der Waals surface area contributed by atoms with Crippen molar-refractivity contribution in [2.75, 3.05) is 11.4 Å². The number of hydrogen-bond acceptors (Lipinski definition) is 5. The first-order valence-corrected chi connectivity index (χ1v) is 10.5. The minimum absolute atomic E-state index is 0.0116. The van der Waals surface area contributed by atoms with Crippen molar-refractivity contribution in [2.45, 2.75) is 64.3 Å². The van der Waals surface area contributed by atoms with E-state index in [-0.39, 0.29) is 24.2 Å². The number of carbonyl (C=O) groups is 2. The molecule has 1 saturated heterocycles. The molecule has 7 heteroatoms. The predicted molar refractivity (Wildman–Crippen MR) is 108 cm³/mol. The van der Waals surface area contributed by atoms with Gasteiger partial charge in [-0.2, -0.15) is 4.98 Å². The SMILES string of the molecule is CCc1ccc(N2CC(C(=O)NC3(c4noc(C)n4)CCCCC3)CC2=O)cc1. The van der Waals surface area contributed by atoms with Crippen LogP contribution in [0.5, 0.6) is 0 Å². The van der Waals surface area contributed by atoms with E-state index < -0.39 is 5.54 Å². The van der Waals surface area contributed by atoms with Crippen LogP contribution in [-0.2, 0) is 21.5 Å². The third-order valence-corrected chi connectivity index (χ3v) is 6.18. The van der Waals surface area contributed by atoms with Crippen molar-refractivity contribution in [3.8, 4) is 0 Å². The zero-order chi connectivity index (χ0) is 20.4. The first-order chi connectivity index (χ1) is 14.0. The lowest BCUT2D eigenvalue weighted by Crippen LogP contribution is -2.50. The smallest absolute Gasteiger partial charge is 0.227 e. The molecule has 0 radical (unpaired) electrons. The minimum atomic E-state index is -0.591. The summed E-state index contributed by atoms with van der Waals surface area (Å²) in [5.41, 5.74) is 1.49. The van der Waals surface area contributed by atoms with E-state index in [9.17, 15) is 9.59 Å². The molecule has 1 aromatic carbocycles. The monoisotopic (exact) mass is 396 g/mol. The molecule has 2 aliphatic rings. The van der Waals surface area contributed by atoms with Crippen LogP contribution in [0.15, 0.2) is 28.8 Å². The summed E-state index contributed by atoms with van der Waals surface area (Å²) >= 11 is 0. The second-order valence-electron chi connectivity index (χ2n) is 8.19. The number of aromatic nitrogens is 2. The largest absolute Gasteiger partial charge is 0.343 e. The second kappa shape index (κ2) is 7.97. The van der Waals surface area contributed by atoms with Crippen LogP contribution in [0.1, 0.15) is 62.7 Å². The fourth-order valence-corrected chi connectivity index (χ4v) is 4.44. The van der Waals surface area contributed by atoms with Crippen molar-refractivity contribution in [3.63, 3.8) is 0 Å². The molecule has 7 nitrogen and oxygen atoms in total. The van der Waals surface area contributed by atoms with Crippen LogP contribution in [0, 0.1) is 12.8 Å². The Kier molecular flexibility index (Phi) is 5.39. The number of carbonyl (C=O) groups excluding carboxylic acids is 2. The van der Waals surface area contributed by atoms with Gasteiger partial charge in [0.25, 0.3) is 0 Å². The summed E-state index contributed by atoms with van der Waals surface area (Å²) in [7, 11) is 0. The molecule has 1 aliphatic carbocycles. The average Bonchev–Trinajstić information content (AvgIpc) is 3.35. The molecular formula is C22H28N4O3. The number of amides is 2. The number of anilines is 1. The van der Waals surface area contributed by atoms with Crippen LogP contribution in [0.4, 0.5) is 5.69 Å². The van der Waals surface area contributed by atoms with Crippen molar-refractivity contribution in [1.82, 2.24) is 15.5 Å². The summed E-state index contributed by atoms with van der Waals surface area (Å²) < 4.78 is 5.19. The molecular weight excluding hydrogens is 368 g/mol. The molecule has 4 rings (SSSR count). The topological polar surface area (TPSA) is 88.3 Å². The molecule has 1 saturated carbocycles. The van der Waals surface area contributed by atoms with Gasteiger partial charge in [0.05, 0.1) is 5.92 Å². The van der Waals surface area contributed by atoms with Crippen molar-refractivity contribution < 1.29 is 14.1 Å². The van der Waals surface area contributed by atoms with Gasteiger partial charge in [0.1, 0.15) is 5.54 Å². The molecule has 2 amide bonds. The zero-order valence-electron chi connectivity index (χ0n) is 17.1. The fourth-order valence-electron chi connectivity index (χ4n) is 4.44. The van der Waals surface area contributed by atoms with Crippen LogP contribution in [0.25, 0.3) is 0 Å². The molecule has 2 fully saturated rings. The maximum atomic E-state index is 13.1. The van der Waals surface area contributed by atoms with E-state index in [4.69, 9.17) is 4.52 Å². The van der Waals surface area contributed by atoms with Gasteiger partial charge in [-0.3, -0.25) is 9.59 Å². The van der Waals surface area contributed by atoms with Crippen LogP contribution >= 0.6 is 0 Å². The molecule has 29 heavy (non-hydrogen) atoms. The quantitative estimate of drug-likeness (QED) is 0.838. The van der Waals surface area contributed by atoms with E-state index in [1.807, 2.05) is 24.3 Å². The molecule has 1 N–H and O–H groups in total. The Hall–Kier alpha value is -2.70. The van der Waals surface area contributed by atoms with Gasteiger partial charge in [0.15, 0.2) is 5.82 Å². The Bertz CT molecular complexity index is 884. The molecule has 0 spiro atoms.